The first kappa shape index (κ1) is 20.8. The van der Waals surface area contributed by atoms with Crippen LogP contribution in [0.2, 0.25) is 0 Å². The van der Waals surface area contributed by atoms with Crippen LogP contribution in [-0.4, -0.2) is 49.1 Å². The van der Waals surface area contributed by atoms with E-state index in [2.05, 4.69) is 22.8 Å². The molecule has 1 fully saturated rings. The molecule has 3 aromatic rings. The number of amides is 1. The van der Waals surface area contributed by atoms with E-state index in [-0.39, 0.29) is 10.8 Å². The van der Waals surface area contributed by atoms with E-state index in [1.165, 1.54) is 56.9 Å². The molecule has 9 heteroatoms. The van der Waals surface area contributed by atoms with Crippen LogP contribution in [-0.2, 0) is 16.6 Å². The summed E-state index contributed by atoms with van der Waals surface area (Å²) in [5.74, 6) is 0.328. The van der Waals surface area contributed by atoms with Crippen LogP contribution in [0, 0.1) is 0 Å². The third-order valence-electron chi connectivity index (χ3n) is 5.13. The number of nitrogens with one attached hydrogen (secondary N) is 1. The van der Waals surface area contributed by atoms with Crippen LogP contribution < -0.4 is 5.32 Å². The number of aromatic nitrogens is 2. The Morgan fingerprint density at radius 1 is 1.23 bits per heavy atom. The van der Waals surface area contributed by atoms with E-state index in [0.717, 1.165) is 15.6 Å². The number of hydrogen-bond acceptors (Lipinski definition) is 5. The molecule has 0 saturated heterocycles. The van der Waals surface area contributed by atoms with E-state index >= 15 is 0 Å². The Morgan fingerprint density at radius 2 is 1.97 bits per heavy atom. The minimum Gasteiger partial charge on any atom is -0.350 e. The van der Waals surface area contributed by atoms with Gasteiger partial charge in [0.2, 0.25) is 10.0 Å². The summed E-state index contributed by atoms with van der Waals surface area (Å²) < 4.78 is 27.4. The zero-order chi connectivity index (χ0) is 21.3. The number of carbonyl (C=O) groups excluding carboxylic acids is 1. The van der Waals surface area contributed by atoms with E-state index in [1.807, 2.05) is 10.1 Å². The van der Waals surface area contributed by atoms with E-state index in [9.17, 15) is 13.2 Å². The Hall–Kier alpha value is -2.49. The molecule has 0 bridgehead atoms. The highest BCUT2D eigenvalue weighted by Crippen LogP contribution is 2.41. The molecule has 1 aliphatic carbocycles. The SMILES string of the molecule is CN(C)S(=O)(=O)c1ccc(C(=O)NCCn2nc(-c3ccsc3)cc2C2CC2)cc1. The van der Waals surface area contributed by atoms with E-state index in [4.69, 9.17) is 5.10 Å². The van der Waals surface area contributed by atoms with E-state index < -0.39 is 10.0 Å². The largest absolute Gasteiger partial charge is 0.350 e. The Bertz CT molecular complexity index is 1130. The van der Waals surface area contributed by atoms with Gasteiger partial charge in [-0.25, -0.2) is 12.7 Å². The van der Waals surface area contributed by atoms with Crippen LogP contribution in [0.4, 0.5) is 0 Å². The van der Waals surface area contributed by atoms with Crippen LogP contribution in [0.25, 0.3) is 11.3 Å². The number of carbonyl (C=O) groups is 1. The van der Waals surface area contributed by atoms with Gasteiger partial charge in [-0.2, -0.15) is 16.4 Å². The van der Waals surface area contributed by atoms with Crippen molar-refractivity contribution in [1.82, 2.24) is 19.4 Å². The molecule has 0 unspecified atom stereocenters. The Balaban J connectivity index is 1.39. The molecule has 0 radical (unpaired) electrons. The van der Waals surface area contributed by atoms with Crippen molar-refractivity contribution >= 4 is 27.3 Å². The molecule has 1 aromatic carbocycles. The number of sulfonamides is 1. The highest BCUT2D eigenvalue weighted by atomic mass is 32.2. The Labute approximate surface area is 180 Å². The molecule has 2 heterocycles. The van der Waals surface area contributed by atoms with Gasteiger partial charge in [0.05, 0.1) is 17.1 Å². The molecule has 4 rings (SSSR count). The molecule has 0 aliphatic heterocycles. The number of benzene rings is 1. The van der Waals surface area contributed by atoms with Crippen molar-refractivity contribution < 1.29 is 13.2 Å². The van der Waals surface area contributed by atoms with Crippen molar-refractivity contribution in [2.24, 2.45) is 0 Å². The second kappa shape index (κ2) is 8.33. The van der Waals surface area contributed by atoms with Gasteiger partial charge in [0.25, 0.3) is 5.91 Å². The zero-order valence-electron chi connectivity index (χ0n) is 16.9. The van der Waals surface area contributed by atoms with Gasteiger partial charge < -0.3 is 5.32 Å². The normalized spacial score (nSPS) is 14.2. The van der Waals surface area contributed by atoms with Crippen molar-refractivity contribution in [3.63, 3.8) is 0 Å². The first-order valence-corrected chi connectivity index (χ1v) is 12.2. The van der Waals surface area contributed by atoms with Gasteiger partial charge in [-0.05, 0) is 54.6 Å². The molecule has 1 N–H and O–H groups in total. The summed E-state index contributed by atoms with van der Waals surface area (Å²) in [7, 11) is -0.551. The monoisotopic (exact) mass is 444 g/mol. The fourth-order valence-electron chi connectivity index (χ4n) is 3.24. The zero-order valence-corrected chi connectivity index (χ0v) is 18.5. The van der Waals surface area contributed by atoms with Crippen LogP contribution in [0.15, 0.2) is 52.1 Å². The highest BCUT2D eigenvalue weighted by Gasteiger charge is 2.28. The minimum atomic E-state index is -3.51. The van der Waals surface area contributed by atoms with Crippen molar-refractivity contribution in [1.29, 1.82) is 0 Å². The quantitative estimate of drug-likeness (QED) is 0.578. The smallest absolute Gasteiger partial charge is 0.251 e. The van der Waals surface area contributed by atoms with Crippen LogP contribution in [0.5, 0.6) is 0 Å². The highest BCUT2D eigenvalue weighted by molar-refractivity contribution is 7.89. The van der Waals surface area contributed by atoms with Crippen LogP contribution >= 0.6 is 11.3 Å². The second-order valence-corrected chi connectivity index (χ2v) is 10.5. The maximum atomic E-state index is 12.5. The van der Waals surface area contributed by atoms with Gasteiger partial charge in [0.1, 0.15) is 0 Å². The fourth-order valence-corrected chi connectivity index (χ4v) is 4.79. The van der Waals surface area contributed by atoms with E-state index in [0.29, 0.717) is 24.6 Å². The predicted octanol–water partition coefficient (Wildman–Crippen LogP) is 3.17. The third kappa shape index (κ3) is 4.33. The summed E-state index contributed by atoms with van der Waals surface area (Å²) >= 11 is 1.65. The maximum absolute atomic E-state index is 12.5. The van der Waals surface area contributed by atoms with Gasteiger partial charge in [-0.15, -0.1) is 0 Å². The molecular formula is C21H24N4O3S2. The maximum Gasteiger partial charge on any atom is 0.251 e. The molecular weight excluding hydrogens is 420 g/mol. The number of thiophene rings is 1. The standard InChI is InChI=1S/C21H24N4O3S2/c1-24(2)30(27,28)18-7-5-16(6-8-18)21(26)22-10-11-25-20(15-3-4-15)13-19(23-25)17-9-12-29-14-17/h5-9,12-15H,3-4,10-11H2,1-2H3,(H,22,26). The molecule has 158 valence electrons. The third-order valence-corrected chi connectivity index (χ3v) is 7.64. The number of hydrogen-bond donors (Lipinski definition) is 1. The van der Waals surface area contributed by atoms with Crippen LogP contribution in [0.1, 0.15) is 34.8 Å². The summed E-state index contributed by atoms with van der Waals surface area (Å²) in [5, 5.41) is 11.8. The molecule has 2 aromatic heterocycles. The molecule has 1 amide bonds. The Morgan fingerprint density at radius 3 is 2.57 bits per heavy atom. The summed E-state index contributed by atoms with van der Waals surface area (Å²) in [4.78, 5) is 12.6. The first-order chi connectivity index (χ1) is 14.4. The Kier molecular flexibility index (Phi) is 5.77. The molecule has 30 heavy (non-hydrogen) atoms. The summed E-state index contributed by atoms with van der Waals surface area (Å²) in [5.41, 5.74) is 3.75. The van der Waals surface area contributed by atoms with Crippen molar-refractivity contribution in [2.75, 3.05) is 20.6 Å². The van der Waals surface area contributed by atoms with Crippen molar-refractivity contribution in [3.05, 3.63) is 58.4 Å². The lowest BCUT2D eigenvalue weighted by atomic mass is 10.2. The molecule has 0 spiro atoms. The number of rotatable bonds is 8. The average Bonchev–Trinajstić information content (AvgIpc) is 3.25. The van der Waals surface area contributed by atoms with Gasteiger partial charge in [-0.1, -0.05) is 0 Å². The average molecular weight is 445 g/mol. The summed E-state index contributed by atoms with van der Waals surface area (Å²) in [6.07, 6.45) is 2.37. The topological polar surface area (TPSA) is 84.3 Å². The second-order valence-electron chi connectivity index (χ2n) is 7.53. The van der Waals surface area contributed by atoms with E-state index in [1.54, 1.807) is 11.3 Å². The lowest BCUT2D eigenvalue weighted by molar-refractivity contribution is 0.0951. The first-order valence-electron chi connectivity index (χ1n) is 9.77. The molecule has 1 saturated carbocycles. The molecule has 7 nitrogen and oxygen atoms in total. The molecule has 1 aliphatic rings. The van der Waals surface area contributed by atoms with Gasteiger partial charge >= 0.3 is 0 Å². The number of nitrogens with zero attached hydrogens (tertiary/aromatic N) is 3. The fraction of sp³-hybridized carbons (Fsp3) is 0.333. The summed E-state index contributed by atoms with van der Waals surface area (Å²) in [6, 6.07) is 10.2. The summed E-state index contributed by atoms with van der Waals surface area (Å²) in [6.45, 7) is 1.04. The van der Waals surface area contributed by atoms with Gasteiger partial charge in [-0.3, -0.25) is 9.48 Å². The molecule has 0 atom stereocenters. The van der Waals surface area contributed by atoms with Crippen LogP contribution in [0.3, 0.4) is 0 Å². The van der Waals surface area contributed by atoms with Crippen molar-refractivity contribution in [3.8, 4) is 11.3 Å². The van der Waals surface area contributed by atoms with Gasteiger partial charge in [0, 0.05) is 48.8 Å². The minimum absolute atomic E-state index is 0.163. The lowest BCUT2D eigenvalue weighted by Gasteiger charge is -2.12. The van der Waals surface area contributed by atoms with Crippen molar-refractivity contribution in [2.45, 2.75) is 30.2 Å². The van der Waals surface area contributed by atoms with Gasteiger partial charge in [0.15, 0.2) is 0 Å². The predicted molar refractivity (Wildman–Crippen MR) is 117 cm³/mol. The lowest BCUT2D eigenvalue weighted by Crippen LogP contribution is -2.28.